The SMILES string of the molecule is CCC(c1ccc(F)cc1)c1ccc(OCCCN(CC)CC)cc1. The van der Waals surface area contributed by atoms with Crippen molar-refractivity contribution in [3.05, 3.63) is 65.5 Å². The minimum Gasteiger partial charge on any atom is -0.494 e. The number of benzene rings is 2. The van der Waals surface area contributed by atoms with Gasteiger partial charge >= 0.3 is 0 Å². The standard InChI is InChI=1S/C22H30FNO/c1-4-22(18-8-12-20(23)13-9-18)19-10-14-21(15-11-19)25-17-7-16-24(5-2)6-3/h8-15,22H,4-7,16-17H2,1-3H3. The molecule has 0 bridgehead atoms. The van der Waals surface area contributed by atoms with Crippen LogP contribution in [-0.2, 0) is 0 Å². The second kappa shape index (κ2) is 10.2. The molecule has 0 spiro atoms. The zero-order valence-corrected chi connectivity index (χ0v) is 15.7. The molecule has 0 amide bonds. The van der Waals surface area contributed by atoms with Gasteiger partial charge in [-0.3, -0.25) is 0 Å². The van der Waals surface area contributed by atoms with Gasteiger partial charge in [0.25, 0.3) is 0 Å². The maximum atomic E-state index is 13.1. The van der Waals surface area contributed by atoms with Gasteiger partial charge in [-0.05, 0) is 61.3 Å². The Kier molecular flexibility index (Phi) is 7.93. The monoisotopic (exact) mass is 343 g/mol. The van der Waals surface area contributed by atoms with Crippen LogP contribution in [0.1, 0.15) is 50.7 Å². The molecule has 0 aromatic heterocycles. The molecule has 0 saturated carbocycles. The largest absolute Gasteiger partial charge is 0.494 e. The van der Waals surface area contributed by atoms with Gasteiger partial charge in [-0.1, -0.05) is 45.0 Å². The Morgan fingerprint density at radius 1 is 0.880 bits per heavy atom. The van der Waals surface area contributed by atoms with Crippen molar-refractivity contribution in [1.29, 1.82) is 0 Å². The number of halogens is 1. The molecule has 136 valence electrons. The Bertz CT molecular complexity index is 605. The van der Waals surface area contributed by atoms with Crippen molar-refractivity contribution in [2.75, 3.05) is 26.2 Å². The van der Waals surface area contributed by atoms with E-state index in [0.717, 1.165) is 50.4 Å². The molecular weight excluding hydrogens is 313 g/mol. The van der Waals surface area contributed by atoms with Crippen LogP contribution in [-0.4, -0.2) is 31.1 Å². The highest BCUT2D eigenvalue weighted by molar-refractivity contribution is 5.36. The van der Waals surface area contributed by atoms with Crippen LogP contribution in [0.4, 0.5) is 4.39 Å². The van der Waals surface area contributed by atoms with Crippen LogP contribution < -0.4 is 4.74 Å². The number of rotatable bonds is 10. The summed E-state index contributed by atoms with van der Waals surface area (Å²) in [5.74, 6) is 1.02. The highest BCUT2D eigenvalue weighted by atomic mass is 19.1. The van der Waals surface area contributed by atoms with Gasteiger partial charge in [0.1, 0.15) is 11.6 Å². The first-order valence-electron chi connectivity index (χ1n) is 9.38. The van der Waals surface area contributed by atoms with E-state index in [0.29, 0.717) is 0 Å². The maximum absolute atomic E-state index is 13.1. The molecule has 25 heavy (non-hydrogen) atoms. The first-order chi connectivity index (χ1) is 12.2. The fourth-order valence-corrected chi connectivity index (χ4v) is 3.17. The Labute approximate surface area is 151 Å². The average Bonchev–Trinajstić information content (AvgIpc) is 2.65. The molecule has 0 aliphatic heterocycles. The normalized spacial score (nSPS) is 12.4. The van der Waals surface area contributed by atoms with Gasteiger partial charge in [0.2, 0.25) is 0 Å². The number of nitrogens with zero attached hydrogens (tertiary/aromatic N) is 1. The molecule has 0 N–H and O–H groups in total. The Morgan fingerprint density at radius 2 is 1.44 bits per heavy atom. The predicted octanol–water partition coefficient (Wildman–Crippen LogP) is 5.48. The fraction of sp³-hybridized carbons (Fsp3) is 0.455. The van der Waals surface area contributed by atoms with E-state index in [1.165, 1.54) is 17.7 Å². The first-order valence-corrected chi connectivity index (χ1v) is 9.38. The summed E-state index contributed by atoms with van der Waals surface area (Å²) in [7, 11) is 0. The van der Waals surface area contributed by atoms with Gasteiger partial charge in [-0.2, -0.15) is 0 Å². The van der Waals surface area contributed by atoms with Crippen LogP contribution in [0.2, 0.25) is 0 Å². The molecule has 0 radical (unpaired) electrons. The van der Waals surface area contributed by atoms with E-state index in [1.807, 2.05) is 24.3 Å². The molecule has 0 saturated heterocycles. The van der Waals surface area contributed by atoms with E-state index in [9.17, 15) is 4.39 Å². The van der Waals surface area contributed by atoms with Crippen LogP contribution in [0.5, 0.6) is 5.75 Å². The maximum Gasteiger partial charge on any atom is 0.123 e. The lowest BCUT2D eigenvalue weighted by Crippen LogP contribution is -2.25. The smallest absolute Gasteiger partial charge is 0.123 e. The topological polar surface area (TPSA) is 12.5 Å². The Morgan fingerprint density at radius 3 is 1.96 bits per heavy atom. The molecule has 0 aliphatic carbocycles. The Balaban J connectivity index is 1.91. The summed E-state index contributed by atoms with van der Waals surface area (Å²) in [4.78, 5) is 2.40. The van der Waals surface area contributed by atoms with E-state index < -0.39 is 0 Å². The number of ether oxygens (including phenoxy) is 1. The third-order valence-corrected chi connectivity index (χ3v) is 4.74. The van der Waals surface area contributed by atoms with Gasteiger partial charge in [0.05, 0.1) is 6.61 Å². The van der Waals surface area contributed by atoms with Crippen LogP contribution >= 0.6 is 0 Å². The summed E-state index contributed by atoms with van der Waals surface area (Å²) < 4.78 is 19.0. The molecule has 2 aromatic rings. The van der Waals surface area contributed by atoms with Crippen LogP contribution in [0.25, 0.3) is 0 Å². The molecule has 0 aliphatic rings. The molecule has 1 unspecified atom stereocenters. The summed E-state index contributed by atoms with van der Waals surface area (Å²) >= 11 is 0. The van der Waals surface area contributed by atoms with Crippen LogP contribution in [0, 0.1) is 5.82 Å². The summed E-state index contributed by atoms with van der Waals surface area (Å²) in [6.07, 6.45) is 2.02. The van der Waals surface area contributed by atoms with Gasteiger partial charge in [-0.25, -0.2) is 4.39 Å². The summed E-state index contributed by atoms with van der Waals surface area (Å²) in [5.41, 5.74) is 2.39. The lowest BCUT2D eigenvalue weighted by atomic mass is 9.89. The van der Waals surface area contributed by atoms with E-state index in [1.54, 1.807) is 0 Å². The molecular formula is C22H30FNO. The third kappa shape index (κ3) is 5.86. The zero-order valence-electron chi connectivity index (χ0n) is 15.7. The van der Waals surface area contributed by atoms with Crippen molar-refractivity contribution in [1.82, 2.24) is 4.90 Å². The van der Waals surface area contributed by atoms with E-state index in [2.05, 4.69) is 37.8 Å². The van der Waals surface area contributed by atoms with Gasteiger partial charge in [0.15, 0.2) is 0 Å². The fourth-order valence-electron chi connectivity index (χ4n) is 3.17. The van der Waals surface area contributed by atoms with E-state index in [4.69, 9.17) is 4.74 Å². The molecule has 0 heterocycles. The van der Waals surface area contributed by atoms with Crippen LogP contribution in [0.15, 0.2) is 48.5 Å². The second-order valence-corrected chi connectivity index (χ2v) is 6.31. The lowest BCUT2D eigenvalue weighted by molar-refractivity contribution is 0.249. The predicted molar refractivity (Wildman–Crippen MR) is 103 cm³/mol. The summed E-state index contributed by atoms with van der Waals surface area (Å²) in [6, 6.07) is 15.1. The highest BCUT2D eigenvalue weighted by Gasteiger charge is 2.12. The van der Waals surface area contributed by atoms with E-state index in [-0.39, 0.29) is 11.7 Å². The Hall–Kier alpha value is -1.87. The first kappa shape index (κ1) is 19.5. The van der Waals surface area contributed by atoms with Crippen molar-refractivity contribution in [3.63, 3.8) is 0 Å². The van der Waals surface area contributed by atoms with Gasteiger partial charge < -0.3 is 9.64 Å². The van der Waals surface area contributed by atoms with E-state index >= 15 is 0 Å². The average molecular weight is 343 g/mol. The minimum absolute atomic E-state index is 0.188. The minimum atomic E-state index is -0.188. The van der Waals surface area contributed by atoms with Crippen molar-refractivity contribution in [2.45, 2.75) is 39.5 Å². The van der Waals surface area contributed by atoms with Crippen LogP contribution in [0.3, 0.4) is 0 Å². The molecule has 2 nitrogen and oxygen atoms in total. The highest BCUT2D eigenvalue weighted by Crippen LogP contribution is 2.29. The van der Waals surface area contributed by atoms with Crippen molar-refractivity contribution in [2.24, 2.45) is 0 Å². The summed E-state index contributed by atoms with van der Waals surface area (Å²) in [6.45, 7) is 10.5. The quantitative estimate of drug-likeness (QED) is 0.530. The van der Waals surface area contributed by atoms with Crippen molar-refractivity contribution >= 4 is 0 Å². The number of hydrogen-bond donors (Lipinski definition) is 0. The molecule has 2 rings (SSSR count). The second-order valence-electron chi connectivity index (χ2n) is 6.31. The molecule has 0 fully saturated rings. The number of hydrogen-bond acceptors (Lipinski definition) is 2. The third-order valence-electron chi connectivity index (χ3n) is 4.74. The zero-order chi connectivity index (χ0) is 18.1. The molecule has 2 aromatic carbocycles. The molecule has 3 heteroatoms. The van der Waals surface area contributed by atoms with Crippen molar-refractivity contribution < 1.29 is 9.13 Å². The lowest BCUT2D eigenvalue weighted by Gasteiger charge is -2.18. The molecule has 1 atom stereocenters. The van der Waals surface area contributed by atoms with Gasteiger partial charge in [-0.15, -0.1) is 0 Å². The van der Waals surface area contributed by atoms with Gasteiger partial charge in [0, 0.05) is 12.5 Å². The summed E-state index contributed by atoms with van der Waals surface area (Å²) in [5, 5.41) is 0. The van der Waals surface area contributed by atoms with Crippen molar-refractivity contribution in [3.8, 4) is 5.75 Å².